The molecule has 88 valence electrons. The molecule has 3 N–H and O–H groups in total. The molecule has 1 heterocycles. The third-order valence-corrected chi connectivity index (χ3v) is 3.14. The van der Waals surface area contributed by atoms with Gasteiger partial charge in [-0.25, -0.2) is 4.39 Å². The number of aliphatic hydroxyl groups excluding tert-OH is 1. The van der Waals surface area contributed by atoms with Crippen LogP contribution in [0, 0.1) is 5.82 Å². The molecule has 0 amide bonds. The number of aliphatic hydroxyl groups is 1. The van der Waals surface area contributed by atoms with Gasteiger partial charge in [-0.05, 0) is 38.1 Å². The first-order valence-electron chi connectivity index (χ1n) is 5.60. The fourth-order valence-corrected chi connectivity index (χ4v) is 2.08. The highest BCUT2D eigenvalue weighted by Gasteiger charge is 2.31. The lowest BCUT2D eigenvalue weighted by Gasteiger charge is -2.37. The van der Waals surface area contributed by atoms with Gasteiger partial charge in [0.1, 0.15) is 5.82 Å². The summed E-state index contributed by atoms with van der Waals surface area (Å²) in [5, 5.41) is 15.9. The summed E-state index contributed by atoms with van der Waals surface area (Å²) in [6.45, 7) is 1.73. The summed E-state index contributed by atoms with van der Waals surface area (Å²) in [5.41, 5.74) is 0.0893. The van der Waals surface area contributed by atoms with Crippen molar-refractivity contribution < 1.29 is 9.50 Å². The van der Waals surface area contributed by atoms with E-state index >= 15 is 0 Å². The van der Waals surface area contributed by atoms with Crippen LogP contribution in [0.4, 0.5) is 10.1 Å². The number of benzene rings is 1. The molecule has 4 heteroatoms. The van der Waals surface area contributed by atoms with Crippen LogP contribution in [0.1, 0.15) is 12.8 Å². The molecule has 0 unspecified atom stereocenters. The van der Waals surface area contributed by atoms with E-state index in [2.05, 4.69) is 10.6 Å². The first kappa shape index (κ1) is 11.4. The van der Waals surface area contributed by atoms with Crippen molar-refractivity contribution in [3.05, 3.63) is 30.1 Å². The van der Waals surface area contributed by atoms with E-state index in [-0.39, 0.29) is 18.0 Å². The van der Waals surface area contributed by atoms with Gasteiger partial charge < -0.3 is 15.7 Å². The monoisotopic (exact) mass is 224 g/mol. The Balaban J connectivity index is 2.15. The van der Waals surface area contributed by atoms with Gasteiger partial charge in [0.2, 0.25) is 0 Å². The molecule has 1 aromatic carbocycles. The first-order valence-corrected chi connectivity index (χ1v) is 5.60. The molecular formula is C12H17FN2O. The van der Waals surface area contributed by atoms with E-state index in [9.17, 15) is 9.50 Å². The summed E-state index contributed by atoms with van der Waals surface area (Å²) in [7, 11) is 0. The quantitative estimate of drug-likeness (QED) is 0.726. The number of piperidine rings is 1. The summed E-state index contributed by atoms with van der Waals surface area (Å²) in [6.07, 6.45) is 1.61. The van der Waals surface area contributed by atoms with Gasteiger partial charge in [0.05, 0.1) is 17.8 Å². The summed E-state index contributed by atoms with van der Waals surface area (Å²) in [5.74, 6) is -0.270. The van der Waals surface area contributed by atoms with Gasteiger partial charge in [-0.1, -0.05) is 12.1 Å². The molecule has 1 aliphatic rings. The molecule has 1 aromatic rings. The number of anilines is 1. The van der Waals surface area contributed by atoms with Crippen molar-refractivity contribution >= 4 is 5.69 Å². The van der Waals surface area contributed by atoms with Crippen molar-refractivity contribution in [3.8, 4) is 0 Å². The summed E-state index contributed by atoms with van der Waals surface area (Å²) < 4.78 is 13.5. The lowest BCUT2D eigenvalue weighted by atomic mass is 9.89. The average molecular weight is 224 g/mol. The third kappa shape index (κ3) is 2.33. The lowest BCUT2D eigenvalue weighted by Crippen LogP contribution is -2.50. The van der Waals surface area contributed by atoms with Crippen LogP contribution < -0.4 is 10.6 Å². The summed E-state index contributed by atoms with van der Waals surface area (Å²) >= 11 is 0. The van der Waals surface area contributed by atoms with Crippen molar-refractivity contribution in [3.63, 3.8) is 0 Å². The van der Waals surface area contributed by atoms with Crippen LogP contribution in [0.15, 0.2) is 24.3 Å². The molecule has 0 aromatic heterocycles. The van der Waals surface area contributed by atoms with E-state index in [0.29, 0.717) is 5.69 Å². The van der Waals surface area contributed by atoms with Gasteiger partial charge in [-0.3, -0.25) is 0 Å². The number of para-hydroxylation sites is 1. The van der Waals surface area contributed by atoms with Crippen LogP contribution in [0.5, 0.6) is 0 Å². The standard InChI is InChI=1S/C12H17FN2O/c13-10-3-1-2-4-11(10)15-12(9-16)5-7-14-8-6-12/h1-4,14-16H,5-9H2. The molecule has 0 saturated carbocycles. The highest BCUT2D eigenvalue weighted by molar-refractivity contribution is 5.47. The van der Waals surface area contributed by atoms with Crippen LogP contribution in [-0.4, -0.2) is 30.3 Å². The number of halogens is 1. The van der Waals surface area contributed by atoms with Crippen molar-refractivity contribution in [2.75, 3.05) is 25.0 Å². The highest BCUT2D eigenvalue weighted by Crippen LogP contribution is 2.25. The fraction of sp³-hybridized carbons (Fsp3) is 0.500. The Hall–Kier alpha value is -1.13. The molecule has 1 saturated heterocycles. The highest BCUT2D eigenvalue weighted by atomic mass is 19.1. The van der Waals surface area contributed by atoms with Crippen LogP contribution in [0.3, 0.4) is 0 Å². The van der Waals surface area contributed by atoms with Crippen molar-refractivity contribution in [1.82, 2.24) is 5.32 Å². The minimum Gasteiger partial charge on any atom is -0.394 e. The zero-order chi connectivity index (χ0) is 11.4. The molecule has 0 aliphatic carbocycles. The maximum atomic E-state index is 13.5. The molecule has 1 aliphatic heterocycles. The average Bonchev–Trinajstić information content (AvgIpc) is 2.33. The Kier molecular flexibility index (Phi) is 3.41. The van der Waals surface area contributed by atoms with E-state index in [1.165, 1.54) is 6.07 Å². The van der Waals surface area contributed by atoms with E-state index in [0.717, 1.165) is 25.9 Å². The minimum atomic E-state index is -0.382. The van der Waals surface area contributed by atoms with Crippen LogP contribution in [-0.2, 0) is 0 Å². The van der Waals surface area contributed by atoms with Crippen molar-refractivity contribution in [2.45, 2.75) is 18.4 Å². The maximum absolute atomic E-state index is 13.5. The van der Waals surface area contributed by atoms with Crippen LogP contribution >= 0.6 is 0 Å². The van der Waals surface area contributed by atoms with Crippen molar-refractivity contribution in [2.24, 2.45) is 0 Å². The van der Waals surface area contributed by atoms with E-state index in [1.54, 1.807) is 18.2 Å². The zero-order valence-corrected chi connectivity index (χ0v) is 9.17. The maximum Gasteiger partial charge on any atom is 0.146 e. The number of rotatable bonds is 3. The minimum absolute atomic E-state index is 0.0308. The Labute approximate surface area is 94.7 Å². The molecule has 0 radical (unpaired) electrons. The van der Waals surface area contributed by atoms with Gasteiger partial charge >= 0.3 is 0 Å². The topological polar surface area (TPSA) is 44.3 Å². The molecule has 0 atom stereocenters. The van der Waals surface area contributed by atoms with E-state index in [1.807, 2.05) is 0 Å². The Morgan fingerprint density at radius 3 is 2.62 bits per heavy atom. The van der Waals surface area contributed by atoms with Gasteiger partial charge in [-0.2, -0.15) is 0 Å². The predicted molar refractivity (Wildman–Crippen MR) is 61.9 cm³/mol. The second-order valence-electron chi connectivity index (χ2n) is 4.29. The third-order valence-electron chi connectivity index (χ3n) is 3.14. The van der Waals surface area contributed by atoms with E-state index < -0.39 is 0 Å². The fourth-order valence-electron chi connectivity index (χ4n) is 2.08. The summed E-state index contributed by atoms with van der Waals surface area (Å²) in [6, 6.07) is 6.58. The molecule has 2 rings (SSSR count). The molecule has 3 nitrogen and oxygen atoms in total. The number of hydrogen-bond donors (Lipinski definition) is 3. The van der Waals surface area contributed by atoms with Gasteiger partial charge in [0.25, 0.3) is 0 Å². The smallest absolute Gasteiger partial charge is 0.146 e. The number of nitrogens with one attached hydrogen (secondary N) is 2. The molecule has 0 bridgehead atoms. The second-order valence-corrected chi connectivity index (χ2v) is 4.29. The lowest BCUT2D eigenvalue weighted by molar-refractivity contribution is 0.178. The molecule has 16 heavy (non-hydrogen) atoms. The Morgan fingerprint density at radius 2 is 2.00 bits per heavy atom. The SMILES string of the molecule is OCC1(Nc2ccccc2F)CCNCC1. The molecule has 1 fully saturated rings. The second kappa shape index (κ2) is 4.80. The number of hydrogen-bond acceptors (Lipinski definition) is 3. The van der Waals surface area contributed by atoms with Crippen molar-refractivity contribution in [1.29, 1.82) is 0 Å². The van der Waals surface area contributed by atoms with Gasteiger partial charge in [0, 0.05) is 0 Å². The summed E-state index contributed by atoms with van der Waals surface area (Å²) in [4.78, 5) is 0. The van der Waals surface area contributed by atoms with E-state index in [4.69, 9.17) is 0 Å². The van der Waals surface area contributed by atoms with Crippen LogP contribution in [0.25, 0.3) is 0 Å². The van der Waals surface area contributed by atoms with Gasteiger partial charge in [-0.15, -0.1) is 0 Å². The van der Waals surface area contributed by atoms with Gasteiger partial charge in [0.15, 0.2) is 0 Å². The Bertz CT molecular complexity index is 351. The normalized spacial score (nSPS) is 19.4. The zero-order valence-electron chi connectivity index (χ0n) is 9.17. The largest absolute Gasteiger partial charge is 0.394 e. The Morgan fingerprint density at radius 1 is 1.31 bits per heavy atom. The molecular weight excluding hydrogens is 207 g/mol. The van der Waals surface area contributed by atoms with Crippen LogP contribution in [0.2, 0.25) is 0 Å². The molecule has 0 spiro atoms. The predicted octanol–water partition coefficient (Wildman–Crippen LogP) is 1.35. The first-order chi connectivity index (χ1) is 7.76.